The van der Waals surface area contributed by atoms with Crippen molar-refractivity contribution in [2.75, 3.05) is 11.9 Å². The van der Waals surface area contributed by atoms with E-state index >= 15 is 0 Å². The third-order valence-corrected chi connectivity index (χ3v) is 2.74. The van der Waals surface area contributed by atoms with Crippen LogP contribution in [0.3, 0.4) is 0 Å². The number of rotatable bonds is 7. The highest BCUT2D eigenvalue weighted by Gasteiger charge is 2.00. The van der Waals surface area contributed by atoms with Gasteiger partial charge in [0.2, 0.25) is 11.8 Å². The lowest BCUT2D eigenvalue weighted by Crippen LogP contribution is -2.05. The molecule has 0 aliphatic rings. The topological polar surface area (TPSA) is 67.3 Å². The normalized spacial score (nSPS) is 10.3. The van der Waals surface area contributed by atoms with Gasteiger partial charge in [0, 0.05) is 18.8 Å². The average molecular weight is 273 g/mol. The molecule has 2 rings (SSSR count). The Labute approximate surface area is 118 Å². The highest BCUT2D eigenvalue weighted by molar-refractivity contribution is 5.30. The maximum atomic E-state index is 8.99. The lowest BCUT2D eigenvalue weighted by molar-refractivity contribution is 0.282. The molecule has 0 radical (unpaired) electrons. The van der Waals surface area contributed by atoms with E-state index in [1.165, 1.54) is 0 Å². The summed E-state index contributed by atoms with van der Waals surface area (Å²) in [6.45, 7) is 3.39. The summed E-state index contributed by atoms with van der Waals surface area (Å²) in [4.78, 5) is 8.43. The summed E-state index contributed by atoms with van der Waals surface area (Å²) in [7, 11) is 0. The summed E-state index contributed by atoms with van der Waals surface area (Å²) in [5.41, 5.74) is 2.01. The van der Waals surface area contributed by atoms with Gasteiger partial charge in [0.25, 0.3) is 0 Å². The lowest BCUT2D eigenvalue weighted by atomic mass is 10.1. The molecular weight excluding hydrogens is 254 g/mol. The molecule has 1 aromatic heterocycles. The second-order valence-electron chi connectivity index (χ2n) is 4.40. The number of nitrogens with zero attached hydrogens (tertiary/aromatic N) is 2. The quantitative estimate of drug-likeness (QED) is 0.810. The molecule has 5 heteroatoms. The van der Waals surface area contributed by atoms with Crippen molar-refractivity contribution in [1.29, 1.82) is 0 Å². The van der Waals surface area contributed by atoms with Crippen molar-refractivity contribution in [3.05, 3.63) is 47.7 Å². The van der Waals surface area contributed by atoms with Gasteiger partial charge in [-0.3, -0.25) is 0 Å². The largest absolute Gasteiger partial charge is 0.478 e. The number of aliphatic hydroxyl groups excluding tert-OH is 1. The van der Waals surface area contributed by atoms with Crippen LogP contribution in [0, 0.1) is 0 Å². The van der Waals surface area contributed by atoms with E-state index in [2.05, 4.69) is 22.2 Å². The number of nitrogens with one attached hydrogen (secondary N) is 1. The first kappa shape index (κ1) is 14.3. The third kappa shape index (κ3) is 4.20. The predicted octanol–water partition coefficient (Wildman–Crippen LogP) is 2.37. The van der Waals surface area contributed by atoms with Crippen LogP contribution in [0.1, 0.15) is 24.5 Å². The molecule has 0 bridgehead atoms. The van der Waals surface area contributed by atoms with Crippen LogP contribution in [0.25, 0.3) is 0 Å². The van der Waals surface area contributed by atoms with E-state index < -0.39 is 0 Å². The van der Waals surface area contributed by atoms with Crippen LogP contribution in [-0.2, 0) is 13.2 Å². The summed E-state index contributed by atoms with van der Waals surface area (Å²) in [5.74, 6) is 1.13. The molecule has 0 spiro atoms. The molecule has 0 aliphatic carbocycles. The van der Waals surface area contributed by atoms with Crippen LogP contribution in [-0.4, -0.2) is 21.7 Å². The van der Waals surface area contributed by atoms with E-state index in [9.17, 15) is 0 Å². The molecule has 2 N–H and O–H groups in total. The first-order valence-electron chi connectivity index (χ1n) is 6.70. The van der Waals surface area contributed by atoms with Gasteiger partial charge in [0.15, 0.2) is 0 Å². The monoisotopic (exact) mass is 273 g/mol. The van der Waals surface area contributed by atoms with Gasteiger partial charge in [-0.05, 0) is 17.5 Å². The molecular formula is C15H19N3O2. The highest BCUT2D eigenvalue weighted by atomic mass is 16.5. The summed E-state index contributed by atoms with van der Waals surface area (Å²) in [6, 6.07) is 9.49. The molecule has 0 saturated carbocycles. The fourth-order valence-corrected chi connectivity index (χ4v) is 1.66. The molecule has 2 aromatic rings. The highest BCUT2D eigenvalue weighted by Crippen LogP contribution is 2.10. The van der Waals surface area contributed by atoms with E-state index in [0.717, 1.165) is 17.5 Å². The SMILES string of the molecule is CCCOc1ccnc(NCc2ccc(CO)cc2)n1. The summed E-state index contributed by atoms with van der Waals surface area (Å²) in [6.07, 6.45) is 2.62. The fraction of sp³-hybridized carbons (Fsp3) is 0.333. The van der Waals surface area contributed by atoms with Crippen molar-refractivity contribution in [3.8, 4) is 5.88 Å². The third-order valence-electron chi connectivity index (χ3n) is 2.74. The van der Waals surface area contributed by atoms with Crippen LogP contribution in [0.5, 0.6) is 5.88 Å². The van der Waals surface area contributed by atoms with Gasteiger partial charge in [0.1, 0.15) is 0 Å². The van der Waals surface area contributed by atoms with Gasteiger partial charge in [-0.1, -0.05) is 31.2 Å². The first-order chi connectivity index (χ1) is 9.81. The van der Waals surface area contributed by atoms with Crippen molar-refractivity contribution in [3.63, 3.8) is 0 Å². The van der Waals surface area contributed by atoms with Crippen LogP contribution in [0.15, 0.2) is 36.5 Å². The van der Waals surface area contributed by atoms with Crippen LogP contribution in [0.2, 0.25) is 0 Å². The second-order valence-corrected chi connectivity index (χ2v) is 4.40. The predicted molar refractivity (Wildman–Crippen MR) is 77.5 cm³/mol. The number of ether oxygens (including phenoxy) is 1. The van der Waals surface area contributed by atoms with Gasteiger partial charge in [0.05, 0.1) is 13.2 Å². The van der Waals surface area contributed by atoms with Crippen molar-refractivity contribution in [2.45, 2.75) is 26.5 Å². The first-order valence-corrected chi connectivity index (χ1v) is 6.70. The van der Waals surface area contributed by atoms with Crippen LogP contribution >= 0.6 is 0 Å². The number of aromatic nitrogens is 2. The molecule has 0 fully saturated rings. The molecule has 0 unspecified atom stereocenters. The Morgan fingerprint density at radius 1 is 1.15 bits per heavy atom. The van der Waals surface area contributed by atoms with Gasteiger partial charge in [-0.2, -0.15) is 4.98 Å². The molecule has 0 aliphatic heterocycles. The Kier molecular flexibility index (Phi) is 5.32. The standard InChI is InChI=1S/C15H19N3O2/c1-2-9-20-14-7-8-16-15(18-14)17-10-12-3-5-13(11-19)6-4-12/h3-8,19H,2,9-11H2,1H3,(H,16,17,18). The maximum Gasteiger partial charge on any atom is 0.226 e. The lowest BCUT2D eigenvalue weighted by Gasteiger charge is -2.07. The van der Waals surface area contributed by atoms with Crippen molar-refractivity contribution < 1.29 is 9.84 Å². The molecule has 1 aromatic carbocycles. The molecule has 5 nitrogen and oxygen atoms in total. The zero-order chi connectivity index (χ0) is 14.2. The Morgan fingerprint density at radius 3 is 2.60 bits per heavy atom. The molecule has 106 valence electrons. The van der Waals surface area contributed by atoms with Gasteiger partial charge < -0.3 is 15.2 Å². The zero-order valence-corrected chi connectivity index (χ0v) is 11.5. The average Bonchev–Trinajstić information content (AvgIpc) is 2.52. The van der Waals surface area contributed by atoms with E-state index in [0.29, 0.717) is 25.0 Å². The number of benzene rings is 1. The van der Waals surface area contributed by atoms with Gasteiger partial charge in [-0.25, -0.2) is 4.98 Å². The molecule has 20 heavy (non-hydrogen) atoms. The molecule has 1 heterocycles. The zero-order valence-electron chi connectivity index (χ0n) is 11.5. The van der Waals surface area contributed by atoms with Crippen molar-refractivity contribution >= 4 is 5.95 Å². The number of anilines is 1. The molecule has 0 atom stereocenters. The van der Waals surface area contributed by atoms with Crippen molar-refractivity contribution in [2.24, 2.45) is 0 Å². The Balaban J connectivity index is 1.92. The van der Waals surface area contributed by atoms with E-state index in [1.807, 2.05) is 24.3 Å². The minimum Gasteiger partial charge on any atom is -0.478 e. The summed E-state index contributed by atoms with van der Waals surface area (Å²) < 4.78 is 5.46. The summed E-state index contributed by atoms with van der Waals surface area (Å²) >= 11 is 0. The van der Waals surface area contributed by atoms with Crippen LogP contribution < -0.4 is 10.1 Å². The summed E-state index contributed by atoms with van der Waals surface area (Å²) in [5, 5.41) is 12.1. The minimum atomic E-state index is 0.0631. The maximum absolute atomic E-state index is 8.99. The van der Waals surface area contributed by atoms with E-state index in [1.54, 1.807) is 12.3 Å². The number of aliphatic hydroxyl groups is 1. The fourth-order valence-electron chi connectivity index (χ4n) is 1.66. The second kappa shape index (κ2) is 7.45. The van der Waals surface area contributed by atoms with Crippen LogP contribution in [0.4, 0.5) is 5.95 Å². The molecule has 0 amide bonds. The van der Waals surface area contributed by atoms with Gasteiger partial charge >= 0.3 is 0 Å². The number of hydrogen-bond acceptors (Lipinski definition) is 5. The Morgan fingerprint density at radius 2 is 1.90 bits per heavy atom. The van der Waals surface area contributed by atoms with E-state index in [4.69, 9.17) is 9.84 Å². The Bertz CT molecular complexity index is 529. The van der Waals surface area contributed by atoms with Gasteiger partial charge in [-0.15, -0.1) is 0 Å². The van der Waals surface area contributed by atoms with Crippen molar-refractivity contribution in [1.82, 2.24) is 9.97 Å². The smallest absolute Gasteiger partial charge is 0.226 e. The van der Waals surface area contributed by atoms with E-state index in [-0.39, 0.29) is 6.61 Å². The molecule has 0 saturated heterocycles. The minimum absolute atomic E-state index is 0.0631. The Hall–Kier alpha value is -2.14. The number of hydrogen-bond donors (Lipinski definition) is 2.